The molecular formula is C27H36N2O3. The molecule has 1 N–H and O–H groups in total. The minimum atomic E-state index is -0.576. The summed E-state index contributed by atoms with van der Waals surface area (Å²) in [4.78, 5) is 27.9. The quantitative estimate of drug-likeness (QED) is 0.604. The maximum Gasteiger partial charge on any atom is 0.261 e. The maximum absolute atomic E-state index is 13.3. The second-order valence-electron chi connectivity index (χ2n) is 9.15. The van der Waals surface area contributed by atoms with Crippen molar-refractivity contribution in [3.8, 4) is 5.75 Å². The van der Waals surface area contributed by atoms with E-state index >= 15 is 0 Å². The van der Waals surface area contributed by atoms with Gasteiger partial charge < -0.3 is 15.0 Å². The highest BCUT2D eigenvalue weighted by atomic mass is 16.5. The van der Waals surface area contributed by atoms with Crippen LogP contribution in [0.4, 0.5) is 0 Å². The topological polar surface area (TPSA) is 58.6 Å². The molecular weight excluding hydrogens is 400 g/mol. The van der Waals surface area contributed by atoms with Gasteiger partial charge in [-0.3, -0.25) is 9.59 Å². The monoisotopic (exact) mass is 436 g/mol. The second-order valence-corrected chi connectivity index (χ2v) is 9.15. The van der Waals surface area contributed by atoms with Gasteiger partial charge in [-0.1, -0.05) is 74.7 Å². The molecule has 1 aliphatic rings. The molecule has 5 nitrogen and oxygen atoms in total. The number of amides is 2. The molecule has 5 heteroatoms. The molecule has 0 spiro atoms. The van der Waals surface area contributed by atoms with E-state index in [2.05, 4.69) is 19.2 Å². The molecule has 1 fully saturated rings. The van der Waals surface area contributed by atoms with Gasteiger partial charge in [-0.25, -0.2) is 0 Å². The molecule has 0 aliphatic heterocycles. The lowest BCUT2D eigenvalue weighted by molar-refractivity contribution is -0.142. The molecule has 0 heterocycles. The molecule has 0 saturated heterocycles. The number of nitrogens with zero attached hydrogens (tertiary/aromatic N) is 1. The Morgan fingerprint density at radius 3 is 2.34 bits per heavy atom. The van der Waals surface area contributed by atoms with E-state index < -0.39 is 6.04 Å². The van der Waals surface area contributed by atoms with Crippen molar-refractivity contribution >= 4 is 11.8 Å². The summed E-state index contributed by atoms with van der Waals surface area (Å²) in [5.41, 5.74) is 3.22. The van der Waals surface area contributed by atoms with Crippen LogP contribution in [0.5, 0.6) is 5.75 Å². The Morgan fingerprint density at radius 1 is 1.03 bits per heavy atom. The van der Waals surface area contributed by atoms with Crippen LogP contribution in [0, 0.1) is 6.92 Å². The van der Waals surface area contributed by atoms with E-state index in [1.165, 1.54) is 0 Å². The SMILES string of the molecule is Cc1ccc(CN(C(=O)COc2ccccc2C(C)C)[C@@H](C)C(=O)NC2CCCC2)cc1. The molecule has 0 radical (unpaired) electrons. The Hall–Kier alpha value is -2.82. The second kappa shape index (κ2) is 11.2. The van der Waals surface area contributed by atoms with Gasteiger partial charge in [0.25, 0.3) is 5.91 Å². The Morgan fingerprint density at radius 2 is 1.69 bits per heavy atom. The zero-order valence-corrected chi connectivity index (χ0v) is 19.8. The number of rotatable bonds is 9. The van der Waals surface area contributed by atoms with Crippen LogP contribution in [0.3, 0.4) is 0 Å². The maximum atomic E-state index is 13.3. The van der Waals surface area contributed by atoms with Crippen LogP contribution in [0.1, 0.15) is 69.1 Å². The van der Waals surface area contributed by atoms with Crippen LogP contribution in [0.15, 0.2) is 48.5 Å². The Bertz CT molecular complexity index is 901. The van der Waals surface area contributed by atoms with Gasteiger partial charge in [0.05, 0.1) is 0 Å². The summed E-state index contributed by atoms with van der Waals surface area (Å²) in [5.74, 6) is 0.716. The van der Waals surface area contributed by atoms with Crippen molar-refractivity contribution in [2.75, 3.05) is 6.61 Å². The molecule has 0 aromatic heterocycles. The average Bonchev–Trinajstić information content (AvgIpc) is 3.29. The number of para-hydroxylation sites is 1. The molecule has 172 valence electrons. The van der Waals surface area contributed by atoms with Crippen LogP contribution in [0.2, 0.25) is 0 Å². The van der Waals surface area contributed by atoms with E-state index in [9.17, 15) is 9.59 Å². The van der Waals surface area contributed by atoms with Gasteiger partial charge in [-0.2, -0.15) is 0 Å². The zero-order valence-electron chi connectivity index (χ0n) is 19.8. The number of benzene rings is 2. The minimum Gasteiger partial charge on any atom is -0.483 e. The Kier molecular flexibility index (Phi) is 8.32. The average molecular weight is 437 g/mol. The number of carbonyl (C=O) groups excluding carboxylic acids is 2. The summed E-state index contributed by atoms with van der Waals surface area (Å²) >= 11 is 0. The van der Waals surface area contributed by atoms with Crippen molar-refractivity contribution in [1.29, 1.82) is 0 Å². The molecule has 0 bridgehead atoms. The molecule has 1 aliphatic carbocycles. The van der Waals surface area contributed by atoms with Crippen molar-refractivity contribution < 1.29 is 14.3 Å². The third-order valence-corrected chi connectivity index (χ3v) is 6.23. The van der Waals surface area contributed by atoms with Crippen molar-refractivity contribution in [2.24, 2.45) is 0 Å². The molecule has 2 aromatic rings. The third kappa shape index (κ3) is 6.35. The van der Waals surface area contributed by atoms with Gasteiger partial charge in [0.1, 0.15) is 11.8 Å². The highest BCUT2D eigenvalue weighted by Crippen LogP contribution is 2.26. The number of hydrogen-bond acceptors (Lipinski definition) is 3. The highest BCUT2D eigenvalue weighted by molar-refractivity contribution is 5.88. The first-order valence-electron chi connectivity index (χ1n) is 11.7. The summed E-state index contributed by atoms with van der Waals surface area (Å²) in [7, 11) is 0. The molecule has 1 atom stereocenters. The number of nitrogens with one attached hydrogen (secondary N) is 1. The summed E-state index contributed by atoms with van der Waals surface area (Å²) in [6, 6.07) is 15.5. The van der Waals surface area contributed by atoms with Gasteiger partial charge in [0.15, 0.2) is 6.61 Å². The first-order chi connectivity index (χ1) is 15.3. The van der Waals surface area contributed by atoms with Crippen molar-refractivity contribution in [3.05, 3.63) is 65.2 Å². The fraction of sp³-hybridized carbons (Fsp3) is 0.481. The predicted octanol–water partition coefficient (Wildman–Crippen LogP) is 4.97. The first kappa shape index (κ1) is 23.8. The smallest absolute Gasteiger partial charge is 0.261 e. The van der Waals surface area contributed by atoms with Gasteiger partial charge in [-0.15, -0.1) is 0 Å². The summed E-state index contributed by atoms with van der Waals surface area (Å²) in [6.07, 6.45) is 4.32. The molecule has 2 aromatic carbocycles. The van der Waals surface area contributed by atoms with E-state index in [1.54, 1.807) is 11.8 Å². The lowest BCUT2D eigenvalue weighted by Crippen LogP contribution is -2.50. The van der Waals surface area contributed by atoms with Crippen molar-refractivity contribution in [3.63, 3.8) is 0 Å². The zero-order chi connectivity index (χ0) is 23.1. The van der Waals surface area contributed by atoms with Crippen LogP contribution < -0.4 is 10.1 Å². The Labute approximate surface area is 192 Å². The lowest BCUT2D eigenvalue weighted by Gasteiger charge is -2.30. The van der Waals surface area contributed by atoms with Crippen LogP contribution in [-0.2, 0) is 16.1 Å². The Balaban J connectivity index is 1.73. The van der Waals surface area contributed by atoms with Crippen LogP contribution in [0.25, 0.3) is 0 Å². The fourth-order valence-corrected chi connectivity index (χ4v) is 4.18. The first-order valence-corrected chi connectivity index (χ1v) is 11.7. The van der Waals surface area contributed by atoms with E-state index in [1.807, 2.05) is 55.5 Å². The van der Waals surface area contributed by atoms with Crippen LogP contribution in [-0.4, -0.2) is 35.4 Å². The summed E-state index contributed by atoms with van der Waals surface area (Å²) < 4.78 is 5.94. The summed E-state index contributed by atoms with van der Waals surface area (Å²) in [5, 5.41) is 3.13. The predicted molar refractivity (Wildman–Crippen MR) is 128 cm³/mol. The number of aryl methyl sites for hydroxylation is 1. The van der Waals surface area contributed by atoms with Crippen molar-refractivity contribution in [2.45, 2.75) is 77.9 Å². The molecule has 3 rings (SSSR count). The molecule has 0 unspecified atom stereocenters. The molecule has 2 amide bonds. The third-order valence-electron chi connectivity index (χ3n) is 6.23. The molecule has 1 saturated carbocycles. The van der Waals surface area contributed by atoms with Crippen molar-refractivity contribution in [1.82, 2.24) is 10.2 Å². The normalized spacial score (nSPS) is 14.9. The van der Waals surface area contributed by atoms with Gasteiger partial charge in [0.2, 0.25) is 5.91 Å². The van der Waals surface area contributed by atoms with Gasteiger partial charge >= 0.3 is 0 Å². The fourth-order valence-electron chi connectivity index (χ4n) is 4.18. The van der Waals surface area contributed by atoms with Crippen LogP contribution >= 0.6 is 0 Å². The largest absolute Gasteiger partial charge is 0.483 e. The standard InChI is InChI=1S/C27H36N2O3/c1-19(2)24-11-7-8-12-25(24)32-18-26(30)29(17-22-15-13-20(3)14-16-22)21(4)27(31)28-23-9-5-6-10-23/h7-8,11-16,19,21,23H,5-6,9-10,17-18H2,1-4H3,(H,28,31)/t21-/m0/s1. The van der Waals surface area contributed by atoms with E-state index in [-0.39, 0.29) is 24.5 Å². The number of ether oxygens (including phenoxy) is 1. The van der Waals surface area contributed by atoms with E-state index in [4.69, 9.17) is 4.74 Å². The molecule has 32 heavy (non-hydrogen) atoms. The van der Waals surface area contributed by atoms with E-state index in [0.29, 0.717) is 18.2 Å². The van der Waals surface area contributed by atoms with Gasteiger partial charge in [0, 0.05) is 12.6 Å². The number of carbonyl (C=O) groups is 2. The minimum absolute atomic E-state index is 0.0973. The van der Waals surface area contributed by atoms with Gasteiger partial charge in [-0.05, 0) is 49.8 Å². The van der Waals surface area contributed by atoms with E-state index in [0.717, 1.165) is 42.4 Å². The number of hydrogen-bond donors (Lipinski definition) is 1. The summed E-state index contributed by atoms with van der Waals surface area (Å²) in [6.45, 7) is 8.30. The lowest BCUT2D eigenvalue weighted by atomic mass is 10.0. The highest BCUT2D eigenvalue weighted by Gasteiger charge is 2.29.